The minimum absolute atomic E-state index is 0.133. The lowest BCUT2D eigenvalue weighted by Crippen LogP contribution is -2.27. The molecule has 0 spiro atoms. The zero-order chi connectivity index (χ0) is 18.6. The Labute approximate surface area is 148 Å². The smallest absolute Gasteiger partial charge is 0.380 e. The van der Waals surface area contributed by atoms with Crippen LogP contribution in [0.4, 0.5) is 18.9 Å². The second-order valence-electron chi connectivity index (χ2n) is 5.67. The number of carbonyl (C=O) groups excluding carboxylic acids is 1. The maximum absolute atomic E-state index is 13.5. The second-order valence-corrected chi connectivity index (χ2v) is 5.67. The van der Waals surface area contributed by atoms with E-state index in [4.69, 9.17) is 0 Å². The molecule has 0 aliphatic carbocycles. The van der Waals surface area contributed by atoms with E-state index in [1.54, 1.807) is 18.2 Å². The monoisotopic (exact) mass is 357 g/mol. The highest BCUT2D eigenvalue weighted by Crippen LogP contribution is 2.33. The first kappa shape index (κ1) is 17.7. The number of aromatic nitrogens is 1. The van der Waals surface area contributed by atoms with Crippen LogP contribution < -0.4 is 10.3 Å². The molecule has 0 radical (unpaired) electrons. The van der Waals surface area contributed by atoms with E-state index in [2.05, 4.69) is 10.3 Å². The number of benzene rings is 2. The van der Waals surface area contributed by atoms with E-state index >= 15 is 0 Å². The number of anilines is 1. The van der Waals surface area contributed by atoms with Gasteiger partial charge in [-0.2, -0.15) is 13.2 Å². The molecule has 0 saturated heterocycles. The zero-order valence-electron chi connectivity index (χ0n) is 13.7. The predicted octanol–water partition coefficient (Wildman–Crippen LogP) is 4.36. The summed E-state index contributed by atoms with van der Waals surface area (Å²) in [5.41, 5.74) is -0.257. The van der Waals surface area contributed by atoms with Crippen LogP contribution in [-0.2, 0) is 12.7 Å². The van der Waals surface area contributed by atoms with Gasteiger partial charge in [-0.05, 0) is 5.56 Å². The molecule has 0 bridgehead atoms. The maximum atomic E-state index is 13.5. The highest BCUT2D eigenvalue weighted by Gasteiger charge is 2.44. The average molecular weight is 357 g/mol. The van der Waals surface area contributed by atoms with Crippen LogP contribution in [-0.4, -0.2) is 5.78 Å². The van der Waals surface area contributed by atoms with Gasteiger partial charge in [0.1, 0.15) is 5.56 Å². The Morgan fingerprint density at radius 2 is 1.54 bits per heavy atom. The molecule has 0 aliphatic heterocycles. The van der Waals surface area contributed by atoms with E-state index in [-0.39, 0.29) is 11.3 Å². The molecule has 0 unspecified atom stereocenters. The molecule has 132 valence electrons. The SMILES string of the molecule is O=C(c1ccccc1)c1c(NCc2ccccc2)cc[nH+]c1C(F)(F)F. The largest absolute Gasteiger partial charge is 0.478 e. The molecule has 6 heteroatoms. The molecule has 0 atom stereocenters. The minimum Gasteiger partial charge on any atom is -0.380 e. The van der Waals surface area contributed by atoms with Crippen molar-refractivity contribution in [3.05, 3.63) is 95.3 Å². The van der Waals surface area contributed by atoms with E-state index in [1.807, 2.05) is 30.3 Å². The fourth-order valence-electron chi connectivity index (χ4n) is 2.63. The van der Waals surface area contributed by atoms with Crippen molar-refractivity contribution in [1.82, 2.24) is 0 Å². The van der Waals surface area contributed by atoms with Gasteiger partial charge in [0.2, 0.25) is 5.78 Å². The van der Waals surface area contributed by atoms with Crippen LogP contribution in [0.3, 0.4) is 0 Å². The summed E-state index contributed by atoms with van der Waals surface area (Å²) >= 11 is 0. The van der Waals surface area contributed by atoms with Crippen LogP contribution in [0, 0.1) is 0 Å². The van der Waals surface area contributed by atoms with Gasteiger partial charge in [-0.3, -0.25) is 4.79 Å². The van der Waals surface area contributed by atoms with E-state index < -0.39 is 23.2 Å². The molecule has 2 aromatic carbocycles. The second kappa shape index (κ2) is 7.39. The van der Waals surface area contributed by atoms with Crippen LogP contribution >= 0.6 is 0 Å². The van der Waals surface area contributed by atoms with Gasteiger partial charge in [-0.15, -0.1) is 0 Å². The van der Waals surface area contributed by atoms with Gasteiger partial charge in [0.25, 0.3) is 5.69 Å². The van der Waals surface area contributed by atoms with Gasteiger partial charge in [-0.1, -0.05) is 60.7 Å². The van der Waals surface area contributed by atoms with Crippen molar-refractivity contribution in [3.63, 3.8) is 0 Å². The molecule has 26 heavy (non-hydrogen) atoms. The molecule has 3 rings (SSSR count). The molecule has 1 aromatic heterocycles. The summed E-state index contributed by atoms with van der Waals surface area (Å²) in [5, 5.41) is 2.95. The van der Waals surface area contributed by atoms with Crippen molar-refractivity contribution in [1.29, 1.82) is 0 Å². The van der Waals surface area contributed by atoms with Gasteiger partial charge < -0.3 is 5.32 Å². The zero-order valence-corrected chi connectivity index (χ0v) is 13.7. The molecule has 0 amide bonds. The standard InChI is InChI=1S/C20H15F3N2O/c21-20(22,23)19-17(18(26)15-9-5-2-6-10-15)16(11-12-24-19)25-13-14-7-3-1-4-8-14/h1-12H,13H2,(H,24,25)/p+1. The van der Waals surface area contributed by atoms with Crippen molar-refractivity contribution >= 4 is 11.5 Å². The van der Waals surface area contributed by atoms with E-state index in [0.29, 0.717) is 6.54 Å². The Hall–Kier alpha value is -3.15. The molecular formula is C20H16F3N2O+. The fourth-order valence-corrected chi connectivity index (χ4v) is 2.63. The lowest BCUT2D eigenvalue weighted by atomic mass is 9.99. The van der Waals surface area contributed by atoms with Crippen LogP contribution in [0.25, 0.3) is 0 Å². The van der Waals surface area contributed by atoms with Gasteiger partial charge in [0, 0.05) is 18.2 Å². The molecule has 2 N–H and O–H groups in total. The summed E-state index contributed by atoms with van der Waals surface area (Å²) in [6.45, 7) is 0.303. The summed E-state index contributed by atoms with van der Waals surface area (Å²) < 4.78 is 40.4. The first-order chi connectivity index (χ1) is 12.5. The Morgan fingerprint density at radius 1 is 0.923 bits per heavy atom. The third kappa shape index (κ3) is 3.91. The number of aromatic amines is 1. The third-order valence-electron chi connectivity index (χ3n) is 3.87. The number of hydrogen-bond acceptors (Lipinski definition) is 2. The van der Waals surface area contributed by atoms with Crippen LogP contribution in [0.5, 0.6) is 0 Å². The summed E-state index contributed by atoms with van der Waals surface area (Å²) in [7, 11) is 0. The molecule has 1 heterocycles. The predicted molar refractivity (Wildman–Crippen MR) is 91.6 cm³/mol. The molecular weight excluding hydrogens is 341 g/mol. The molecule has 3 aromatic rings. The normalized spacial score (nSPS) is 11.2. The first-order valence-electron chi connectivity index (χ1n) is 7.96. The van der Waals surface area contributed by atoms with Crippen LogP contribution in [0.15, 0.2) is 72.9 Å². The average Bonchev–Trinajstić information content (AvgIpc) is 2.66. The van der Waals surface area contributed by atoms with Crippen molar-refractivity contribution in [2.24, 2.45) is 0 Å². The number of nitrogens with one attached hydrogen (secondary N) is 2. The van der Waals surface area contributed by atoms with E-state index in [0.717, 1.165) is 5.56 Å². The van der Waals surface area contributed by atoms with E-state index in [1.165, 1.54) is 24.4 Å². The number of ketones is 1. The molecule has 0 saturated carbocycles. The summed E-state index contributed by atoms with van der Waals surface area (Å²) in [6, 6.07) is 18.6. The topological polar surface area (TPSA) is 43.2 Å². The number of H-pyrrole nitrogens is 1. The first-order valence-corrected chi connectivity index (χ1v) is 7.96. The van der Waals surface area contributed by atoms with E-state index in [9.17, 15) is 18.0 Å². The number of alkyl halides is 3. The summed E-state index contributed by atoms with van der Waals surface area (Å²) in [6.07, 6.45) is -3.50. The Morgan fingerprint density at radius 3 is 2.15 bits per heavy atom. The number of rotatable bonds is 5. The minimum atomic E-state index is -4.68. The number of carbonyl (C=O) groups is 1. The van der Waals surface area contributed by atoms with Crippen molar-refractivity contribution in [2.75, 3.05) is 5.32 Å². The molecule has 3 nitrogen and oxygen atoms in total. The quantitative estimate of drug-likeness (QED) is 0.690. The maximum Gasteiger partial charge on any atom is 0.478 e. The fraction of sp³-hybridized carbons (Fsp3) is 0.100. The third-order valence-corrected chi connectivity index (χ3v) is 3.87. The Bertz CT molecular complexity index is 894. The summed E-state index contributed by atoms with van der Waals surface area (Å²) in [5.74, 6) is -0.690. The van der Waals surface area contributed by atoms with Crippen molar-refractivity contribution < 1.29 is 22.9 Å². The number of pyridine rings is 1. The Kier molecular flexibility index (Phi) is 5.02. The van der Waals surface area contributed by atoms with Gasteiger partial charge >= 0.3 is 6.18 Å². The van der Waals surface area contributed by atoms with Gasteiger partial charge in [0.15, 0.2) is 6.20 Å². The van der Waals surface area contributed by atoms with Crippen LogP contribution in [0.1, 0.15) is 27.2 Å². The number of hydrogen-bond donors (Lipinski definition) is 1. The van der Waals surface area contributed by atoms with Crippen LogP contribution in [0.2, 0.25) is 0 Å². The van der Waals surface area contributed by atoms with Crippen molar-refractivity contribution in [2.45, 2.75) is 12.7 Å². The Balaban J connectivity index is 2.02. The number of halogens is 3. The lowest BCUT2D eigenvalue weighted by molar-refractivity contribution is -0.425. The van der Waals surface area contributed by atoms with Crippen molar-refractivity contribution in [3.8, 4) is 0 Å². The lowest BCUT2D eigenvalue weighted by Gasteiger charge is -2.13. The molecule has 0 aliphatic rings. The molecule has 0 fully saturated rings. The highest BCUT2D eigenvalue weighted by molar-refractivity contribution is 6.12. The highest BCUT2D eigenvalue weighted by atomic mass is 19.4. The van der Waals surface area contributed by atoms with Gasteiger partial charge in [0.05, 0.1) is 5.69 Å². The summed E-state index contributed by atoms with van der Waals surface area (Å²) in [4.78, 5) is 15.0. The van der Waals surface area contributed by atoms with Gasteiger partial charge in [-0.25, -0.2) is 4.98 Å².